The monoisotopic (exact) mass is 285 g/mol. The van der Waals surface area contributed by atoms with Crippen LogP contribution in [0.25, 0.3) is 0 Å². The fourth-order valence-electron chi connectivity index (χ4n) is 3.12. The highest BCUT2D eigenvalue weighted by Crippen LogP contribution is 2.31. The van der Waals surface area contributed by atoms with Gasteiger partial charge in [-0.2, -0.15) is 0 Å². The van der Waals surface area contributed by atoms with E-state index in [0.717, 1.165) is 12.8 Å². The number of carboxylic acids is 1. The topological polar surface area (TPSA) is 76.1 Å². The SMILES string of the molecule is COCCC(=O)N1CCC(C(=O)O)CC1C1CCCO1. The van der Waals surface area contributed by atoms with E-state index in [-0.39, 0.29) is 24.0 Å². The lowest BCUT2D eigenvalue weighted by Crippen LogP contribution is -2.52. The average molecular weight is 285 g/mol. The van der Waals surface area contributed by atoms with Crippen LogP contribution in [0.2, 0.25) is 0 Å². The second-order valence-electron chi connectivity index (χ2n) is 5.51. The Hall–Kier alpha value is -1.14. The number of ether oxygens (including phenoxy) is 2. The molecule has 20 heavy (non-hydrogen) atoms. The highest BCUT2D eigenvalue weighted by molar-refractivity contribution is 5.77. The number of carboxylic acid groups (broad SMARTS) is 1. The number of piperidine rings is 1. The van der Waals surface area contributed by atoms with E-state index in [9.17, 15) is 14.7 Å². The highest BCUT2D eigenvalue weighted by Gasteiger charge is 2.40. The molecule has 0 aromatic carbocycles. The zero-order chi connectivity index (χ0) is 14.5. The number of amides is 1. The van der Waals surface area contributed by atoms with Gasteiger partial charge in [0.15, 0.2) is 0 Å². The molecular weight excluding hydrogens is 262 g/mol. The first-order valence-electron chi connectivity index (χ1n) is 7.26. The molecule has 2 rings (SSSR count). The van der Waals surface area contributed by atoms with Crippen LogP contribution in [-0.2, 0) is 19.1 Å². The van der Waals surface area contributed by atoms with Crippen LogP contribution in [0.3, 0.4) is 0 Å². The summed E-state index contributed by atoms with van der Waals surface area (Å²) in [6, 6.07) is -0.100. The summed E-state index contributed by atoms with van der Waals surface area (Å²) in [7, 11) is 1.57. The molecule has 1 amide bonds. The Labute approximate surface area is 119 Å². The maximum Gasteiger partial charge on any atom is 0.306 e. The lowest BCUT2D eigenvalue weighted by atomic mass is 9.87. The number of carbonyl (C=O) groups excluding carboxylic acids is 1. The molecule has 0 saturated carbocycles. The smallest absolute Gasteiger partial charge is 0.306 e. The van der Waals surface area contributed by atoms with Crippen LogP contribution in [0.4, 0.5) is 0 Å². The average Bonchev–Trinajstić information content (AvgIpc) is 2.98. The molecule has 2 aliphatic heterocycles. The minimum Gasteiger partial charge on any atom is -0.481 e. The van der Waals surface area contributed by atoms with Gasteiger partial charge >= 0.3 is 5.97 Å². The number of aliphatic carboxylic acids is 1. The standard InChI is InChI=1S/C14H23NO5/c1-19-8-5-13(16)15-6-4-10(14(17)18)9-11(15)12-3-2-7-20-12/h10-12H,2-9H2,1H3,(H,17,18). The molecule has 114 valence electrons. The van der Waals surface area contributed by atoms with E-state index in [1.165, 1.54) is 0 Å². The number of hydrogen-bond donors (Lipinski definition) is 1. The van der Waals surface area contributed by atoms with E-state index >= 15 is 0 Å². The van der Waals surface area contributed by atoms with E-state index in [0.29, 0.717) is 39.0 Å². The molecule has 6 nitrogen and oxygen atoms in total. The van der Waals surface area contributed by atoms with Crippen molar-refractivity contribution in [1.29, 1.82) is 0 Å². The van der Waals surface area contributed by atoms with E-state index in [2.05, 4.69) is 0 Å². The molecule has 0 spiro atoms. The molecule has 3 atom stereocenters. The van der Waals surface area contributed by atoms with Crippen LogP contribution in [-0.4, -0.2) is 60.9 Å². The summed E-state index contributed by atoms with van der Waals surface area (Å²) in [6.45, 7) is 1.61. The molecule has 1 N–H and O–H groups in total. The number of rotatable bonds is 5. The Bertz CT molecular complexity index is 353. The molecule has 0 radical (unpaired) electrons. The van der Waals surface area contributed by atoms with Crippen LogP contribution in [0.15, 0.2) is 0 Å². The molecule has 0 aromatic heterocycles. The van der Waals surface area contributed by atoms with Crippen molar-refractivity contribution in [3.8, 4) is 0 Å². The zero-order valence-corrected chi connectivity index (χ0v) is 11.9. The van der Waals surface area contributed by atoms with Crippen molar-refractivity contribution in [2.45, 2.75) is 44.2 Å². The number of carbonyl (C=O) groups is 2. The van der Waals surface area contributed by atoms with E-state index in [1.54, 1.807) is 7.11 Å². The second-order valence-corrected chi connectivity index (χ2v) is 5.51. The van der Waals surface area contributed by atoms with E-state index in [4.69, 9.17) is 9.47 Å². The van der Waals surface area contributed by atoms with Crippen molar-refractivity contribution < 1.29 is 24.2 Å². The molecule has 0 aromatic rings. The summed E-state index contributed by atoms with van der Waals surface area (Å²) in [5.74, 6) is -1.09. The Kier molecular flexibility index (Phi) is 5.37. The van der Waals surface area contributed by atoms with Gasteiger partial charge in [-0.1, -0.05) is 0 Å². The first-order valence-corrected chi connectivity index (χ1v) is 7.26. The van der Waals surface area contributed by atoms with Gasteiger partial charge in [-0.05, 0) is 25.7 Å². The molecule has 2 saturated heterocycles. The number of likely N-dealkylation sites (tertiary alicyclic amines) is 1. The van der Waals surface area contributed by atoms with Crippen molar-refractivity contribution in [2.24, 2.45) is 5.92 Å². The normalized spacial score (nSPS) is 30.4. The molecule has 2 aliphatic rings. The molecule has 6 heteroatoms. The van der Waals surface area contributed by atoms with Crippen LogP contribution >= 0.6 is 0 Å². The highest BCUT2D eigenvalue weighted by atomic mass is 16.5. The third-order valence-electron chi connectivity index (χ3n) is 4.23. The quantitative estimate of drug-likeness (QED) is 0.812. The van der Waals surface area contributed by atoms with Gasteiger partial charge in [0, 0.05) is 20.3 Å². The Morgan fingerprint density at radius 2 is 2.20 bits per heavy atom. The summed E-state index contributed by atoms with van der Waals surface area (Å²) < 4.78 is 10.6. The van der Waals surface area contributed by atoms with Gasteiger partial charge in [0.1, 0.15) is 0 Å². The largest absolute Gasteiger partial charge is 0.481 e. The lowest BCUT2D eigenvalue weighted by molar-refractivity contribution is -0.150. The maximum absolute atomic E-state index is 12.2. The molecule has 2 fully saturated rings. The fourth-order valence-corrected chi connectivity index (χ4v) is 3.12. The molecule has 2 heterocycles. The van der Waals surface area contributed by atoms with E-state index in [1.807, 2.05) is 4.90 Å². The van der Waals surface area contributed by atoms with Crippen molar-refractivity contribution in [2.75, 3.05) is 26.9 Å². The third kappa shape index (κ3) is 3.49. The fraction of sp³-hybridized carbons (Fsp3) is 0.857. The summed E-state index contributed by atoms with van der Waals surface area (Å²) in [6.07, 6.45) is 3.25. The van der Waals surface area contributed by atoms with Crippen molar-refractivity contribution in [3.63, 3.8) is 0 Å². The summed E-state index contributed by atoms with van der Waals surface area (Å²) >= 11 is 0. The Balaban J connectivity index is 2.04. The van der Waals surface area contributed by atoms with Gasteiger partial charge in [-0.15, -0.1) is 0 Å². The van der Waals surface area contributed by atoms with Crippen molar-refractivity contribution in [1.82, 2.24) is 4.90 Å². The van der Waals surface area contributed by atoms with Gasteiger partial charge < -0.3 is 19.5 Å². The lowest BCUT2D eigenvalue weighted by Gasteiger charge is -2.41. The molecule has 0 aliphatic carbocycles. The van der Waals surface area contributed by atoms with Gasteiger partial charge in [-0.3, -0.25) is 9.59 Å². The van der Waals surface area contributed by atoms with Crippen molar-refractivity contribution in [3.05, 3.63) is 0 Å². The van der Waals surface area contributed by atoms with Crippen LogP contribution in [0.1, 0.15) is 32.1 Å². The van der Waals surface area contributed by atoms with Gasteiger partial charge in [0.25, 0.3) is 0 Å². The zero-order valence-electron chi connectivity index (χ0n) is 11.9. The van der Waals surface area contributed by atoms with Crippen molar-refractivity contribution >= 4 is 11.9 Å². The van der Waals surface area contributed by atoms with Crippen LogP contribution in [0, 0.1) is 5.92 Å². The van der Waals surface area contributed by atoms with Gasteiger partial charge in [-0.25, -0.2) is 0 Å². The van der Waals surface area contributed by atoms with E-state index < -0.39 is 5.97 Å². The molecule has 3 unspecified atom stereocenters. The third-order valence-corrected chi connectivity index (χ3v) is 4.23. The second kappa shape index (κ2) is 7.04. The predicted molar refractivity (Wildman–Crippen MR) is 71.3 cm³/mol. The Morgan fingerprint density at radius 1 is 1.40 bits per heavy atom. The minimum atomic E-state index is -0.767. The summed E-state index contributed by atoms with van der Waals surface area (Å²) in [5.41, 5.74) is 0. The first kappa shape index (κ1) is 15.3. The maximum atomic E-state index is 12.2. The number of nitrogens with zero attached hydrogens (tertiary/aromatic N) is 1. The van der Waals surface area contributed by atoms with Crippen LogP contribution in [0.5, 0.6) is 0 Å². The summed E-state index contributed by atoms with van der Waals surface area (Å²) in [5, 5.41) is 9.20. The minimum absolute atomic E-state index is 0.0105. The van der Waals surface area contributed by atoms with Gasteiger partial charge in [0.05, 0.1) is 31.1 Å². The first-order chi connectivity index (χ1) is 9.63. The Morgan fingerprint density at radius 3 is 2.80 bits per heavy atom. The molecule has 0 bridgehead atoms. The predicted octanol–water partition coefficient (Wildman–Crippen LogP) is 0.894. The number of methoxy groups -OCH3 is 1. The van der Waals surface area contributed by atoms with Crippen LogP contribution < -0.4 is 0 Å². The van der Waals surface area contributed by atoms with Gasteiger partial charge in [0.2, 0.25) is 5.91 Å². The molecular formula is C14H23NO5. The number of hydrogen-bond acceptors (Lipinski definition) is 4. The summed E-state index contributed by atoms with van der Waals surface area (Å²) in [4.78, 5) is 25.3.